The van der Waals surface area contributed by atoms with E-state index in [1.807, 2.05) is 6.92 Å². The summed E-state index contributed by atoms with van der Waals surface area (Å²) in [6.45, 7) is 5.95. The van der Waals surface area contributed by atoms with E-state index < -0.39 is 0 Å². The van der Waals surface area contributed by atoms with Gasteiger partial charge in [0.05, 0.1) is 5.41 Å². The maximum absolute atomic E-state index is 13.4. The quantitative estimate of drug-likeness (QED) is 0.942. The Kier molecular flexibility index (Phi) is 3.76. The molecular weight excluding hydrogens is 269 g/mol. The molecule has 0 spiro atoms. The van der Waals surface area contributed by atoms with Crippen molar-refractivity contribution < 1.29 is 8.91 Å². The van der Waals surface area contributed by atoms with Crippen molar-refractivity contribution in [3.05, 3.63) is 35.5 Å². The smallest absolute Gasteiger partial charge is 0.234 e. The molecule has 1 saturated heterocycles. The van der Waals surface area contributed by atoms with Crippen molar-refractivity contribution in [2.75, 3.05) is 13.1 Å². The third-order valence-electron chi connectivity index (χ3n) is 4.47. The number of nitrogens with zero attached hydrogens (tertiary/aromatic N) is 2. The predicted molar refractivity (Wildman–Crippen MR) is 78.5 cm³/mol. The van der Waals surface area contributed by atoms with Crippen LogP contribution in [0.4, 0.5) is 4.39 Å². The fourth-order valence-corrected chi connectivity index (χ4v) is 2.99. The maximum Gasteiger partial charge on any atom is 0.234 e. The van der Waals surface area contributed by atoms with Crippen LogP contribution in [-0.4, -0.2) is 23.2 Å². The molecule has 1 unspecified atom stereocenters. The average molecular weight is 289 g/mol. The molecule has 1 N–H and O–H groups in total. The van der Waals surface area contributed by atoms with Crippen molar-refractivity contribution in [2.45, 2.75) is 38.5 Å². The van der Waals surface area contributed by atoms with Gasteiger partial charge in [0, 0.05) is 12.1 Å². The van der Waals surface area contributed by atoms with Gasteiger partial charge in [-0.3, -0.25) is 0 Å². The third-order valence-corrected chi connectivity index (χ3v) is 4.47. The summed E-state index contributed by atoms with van der Waals surface area (Å²) in [5.74, 6) is 0.850. The van der Waals surface area contributed by atoms with Gasteiger partial charge in [-0.25, -0.2) is 4.39 Å². The Bertz CT molecular complexity index is 632. The molecule has 1 fully saturated rings. The van der Waals surface area contributed by atoms with E-state index in [2.05, 4.69) is 22.4 Å². The van der Waals surface area contributed by atoms with Crippen molar-refractivity contribution in [1.82, 2.24) is 15.5 Å². The summed E-state index contributed by atoms with van der Waals surface area (Å²) in [4.78, 5) is 4.56. The van der Waals surface area contributed by atoms with Crippen LogP contribution in [0.15, 0.2) is 22.7 Å². The second-order valence-corrected chi connectivity index (χ2v) is 5.80. The number of benzene rings is 1. The zero-order valence-corrected chi connectivity index (χ0v) is 12.4. The summed E-state index contributed by atoms with van der Waals surface area (Å²) < 4.78 is 19.0. The Morgan fingerprint density at radius 3 is 3.00 bits per heavy atom. The predicted octanol–water partition coefficient (Wildman–Crippen LogP) is 3.22. The summed E-state index contributed by atoms with van der Waals surface area (Å²) in [5, 5.41) is 7.48. The van der Waals surface area contributed by atoms with Gasteiger partial charge in [-0.2, -0.15) is 4.98 Å². The summed E-state index contributed by atoms with van der Waals surface area (Å²) >= 11 is 0. The van der Waals surface area contributed by atoms with Gasteiger partial charge in [-0.05, 0) is 50.4 Å². The topological polar surface area (TPSA) is 51.0 Å². The molecule has 2 heterocycles. The summed E-state index contributed by atoms with van der Waals surface area (Å²) in [6, 6.07) is 4.64. The standard InChI is InChI=1S/C16H20FN3O/c1-3-16(7-4-8-18-10-16)15-19-14(20-21-15)13-9-12(17)6-5-11(13)2/h5-6,9,18H,3-4,7-8,10H2,1-2H3. The van der Waals surface area contributed by atoms with Gasteiger partial charge in [-0.15, -0.1) is 0 Å². The van der Waals surface area contributed by atoms with Crippen molar-refractivity contribution >= 4 is 0 Å². The number of hydrogen-bond donors (Lipinski definition) is 1. The molecule has 3 rings (SSSR count). The lowest BCUT2D eigenvalue weighted by atomic mass is 9.78. The second kappa shape index (κ2) is 5.56. The van der Waals surface area contributed by atoms with Crippen LogP contribution in [0.25, 0.3) is 11.4 Å². The molecule has 2 aromatic rings. The summed E-state index contributed by atoms with van der Waals surface area (Å²) in [6.07, 6.45) is 3.09. The van der Waals surface area contributed by atoms with Gasteiger partial charge in [0.2, 0.25) is 11.7 Å². The Morgan fingerprint density at radius 1 is 1.43 bits per heavy atom. The molecule has 21 heavy (non-hydrogen) atoms. The number of nitrogens with one attached hydrogen (secondary N) is 1. The lowest BCUT2D eigenvalue weighted by molar-refractivity contribution is 0.221. The highest BCUT2D eigenvalue weighted by Crippen LogP contribution is 2.34. The molecule has 5 heteroatoms. The van der Waals surface area contributed by atoms with Gasteiger partial charge < -0.3 is 9.84 Å². The van der Waals surface area contributed by atoms with Crippen molar-refractivity contribution in [2.24, 2.45) is 0 Å². The number of hydrogen-bond acceptors (Lipinski definition) is 4. The van der Waals surface area contributed by atoms with Crippen LogP contribution in [0.1, 0.15) is 37.6 Å². The fraction of sp³-hybridized carbons (Fsp3) is 0.500. The van der Waals surface area contributed by atoms with Crippen LogP contribution < -0.4 is 5.32 Å². The van der Waals surface area contributed by atoms with E-state index in [9.17, 15) is 4.39 Å². The van der Waals surface area contributed by atoms with E-state index in [4.69, 9.17) is 4.52 Å². The van der Waals surface area contributed by atoms with Crippen LogP contribution in [0.3, 0.4) is 0 Å². The molecule has 0 amide bonds. The molecule has 4 nitrogen and oxygen atoms in total. The van der Waals surface area contributed by atoms with E-state index in [1.54, 1.807) is 6.07 Å². The molecule has 1 atom stereocenters. The summed E-state index contributed by atoms with van der Waals surface area (Å²) in [5.41, 5.74) is 1.54. The lowest BCUT2D eigenvalue weighted by Crippen LogP contribution is -2.43. The normalized spacial score (nSPS) is 22.4. The minimum atomic E-state index is -0.286. The largest absolute Gasteiger partial charge is 0.338 e. The maximum atomic E-state index is 13.4. The van der Waals surface area contributed by atoms with Crippen LogP contribution in [0.2, 0.25) is 0 Å². The van der Waals surface area contributed by atoms with Gasteiger partial charge in [-0.1, -0.05) is 18.1 Å². The summed E-state index contributed by atoms with van der Waals surface area (Å²) in [7, 11) is 0. The molecule has 1 aliphatic rings. The molecule has 1 aromatic carbocycles. The first-order chi connectivity index (χ1) is 10.1. The Labute approximate surface area is 123 Å². The van der Waals surface area contributed by atoms with Crippen molar-refractivity contribution in [3.8, 4) is 11.4 Å². The third kappa shape index (κ3) is 2.58. The highest BCUT2D eigenvalue weighted by Gasteiger charge is 2.37. The number of aryl methyl sites for hydroxylation is 1. The first kappa shape index (κ1) is 14.2. The molecule has 0 saturated carbocycles. The number of piperidine rings is 1. The van der Waals surface area contributed by atoms with E-state index in [-0.39, 0.29) is 11.2 Å². The number of aromatic nitrogens is 2. The van der Waals surface area contributed by atoms with Crippen LogP contribution in [0, 0.1) is 12.7 Å². The Balaban J connectivity index is 1.97. The van der Waals surface area contributed by atoms with Gasteiger partial charge in [0.15, 0.2) is 0 Å². The number of rotatable bonds is 3. The fourth-order valence-electron chi connectivity index (χ4n) is 2.99. The molecule has 1 aliphatic heterocycles. The second-order valence-electron chi connectivity index (χ2n) is 5.80. The van der Waals surface area contributed by atoms with Crippen molar-refractivity contribution in [3.63, 3.8) is 0 Å². The van der Waals surface area contributed by atoms with Crippen LogP contribution in [0.5, 0.6) is 0 Å². The van der Waals surface area contributed by atoms with Crippen LogP contribution >= 0.6 is 0 Å². The molecule has 0 bridgehead atoms. The minimum Gasteiger partial charge on any atom is -0.338 e. The van der Waals surface area contributed by atoms with Gasteiger partial charge in [0.1, 0.15) is 5.82 Å². The molecule has 112 valence electrons. The molecular formula is C16H20FN3O. The highest BCUT2D eigenvalue weighted by atomic mass is 19.1. The average Bonchev–Trinajstić information content (AvgIpc) is 3.00. The minimum absolute atomic E-state index is 0.0925. The first-order valence-electron chi connectivity index (χ1n) is 7.46. The monoisotopic (exact) mass is 289 g/mol. The molecule has 0 radical (unpaired) electrons. The van der Waals surface area contributed by atoms with Gasteiger partial charge in [0.25, 0.3) is 0 Å². The van der Waals surface area contributed by atoms with Gasteiger partial charge >= 0.3 is 0 Å². The highest BCUT2D eigenvalue weighted by molar-refractivity contribution is 5.59. The Hall–Kier alpha value is -1.75. The van der Waals surface area contributed by atoms with Crippen molar-refractivity contribution in [1.29, 1.82) is 0 Å². The molecule has 1 aromatic heterocycles. The first-order valence-corrected chi connectivity index (χ1v) is 7.46. The Morgan fingerprint density at radius 2 is 2.29 bits per heavy atom. The van der Waals surface area contributed by atoms with Crippen LogP contribution in [-0.2, 0) is 5.41 Å². The molecule has 0 aliphatic carbocycles. The SMILES string of the molecule is CCC1(c2nc(-c3cc(F)ccc3C)no2)CCCNC1. The zero-order valence-electron chi connectivity index (χ0n) is 12.4. The van der Waals surface area contributed by atoms with E-state index >= 15 is 0 Å². The number of halogens is 1. The lowest BCUT2D eigenvalue weighted by Gasteiger charge is -2.33. The van der Waals surface area contributed by atoms with E-state index in [0.29, 0.717) is 17.3 Å². The van der Waals surface area contributed by atoms with E-state index in [1.165, 1.54) is 12.1 Å². The van der Waals surface area contributed by atoms with E-state index in [0.717, 1.165) is 37.9 Å². The zero-order chi connectivity index (χ0) is 14.9.